The Bertz CT molecular complexity index is 1050. The van der Waals surface area contributed by atoms with Crippen molar-refractivity contribution in [3.8, 4) is 22.9 Å². The maximum atomic E-state index is 9.04. The molecule has 4 rings (SSSR count). The number of fused-ring (bicyclic) bond motifs is 1. The lowest BCUT2D eigenvalue weighted by atomic mass is 10.1. The Kier molecular flexibility index (Phi) is 5.32. The molecule has 0 bridgehead atoms. The molecule has 6 nitrogen and oxygen atoms in total. The van der Waals surface area contributed by atoms with Gasteiger partial charge in [0.05, 0.1) is 12.3 Å². The standard InChI is InChI=1S/C22H22N4O2/c1-26(10-11-27)15-16-2-3-18-13-20(6-4-17(18)12-16)28-22-7-5-19(14-23-22)21-8-9-24-25-21/h2-9,12-14,27H,10-11,15H2,1H3,(H,24,25). The van der Waals surface area contributed by atoms with Crippen LogP contribution in [0.3, 0.4) is 0 Å². The van der Waals surface area contributed by atoms with Crippen LogP contribution in [0.25, 0.3) is 22.0 Å². The zero-order valence-corrected chi connectivity index (χ0v) is 15.7. The topological polar surface area (TPSA) is 74.3 Å². The van der Waals surface area contributed by atoms with Gasteiger partial charge in [-0.15, -0.1) is 0 Å². The summed E-state index contributed by atoms with van der Waals surface area (Å²) in [7, 11) is 2.00. The van der Waals surface area contributed by atoms with Crippen LogP contribution < -0.4 is 4.74 Å². The summed E-state index contributed by atoms with van der Waals surface area (Å²) < 4.78 is 5.91. The minimum absolute atomic E-state index is 0.168. The lowest BCUT2D eigenvalue weighted by Gasteiger charge is -2.15. The second-order valence-corrected chi connectivity index (χ2v) is 6.76. The summed E-state index contributed by atoms with van der Waals surface area (Å²) in [6.45, 7) is 1.64. The summed E-state index contributed by atoms with van der Waals surface area (Å²) in [5.41, 5.74) is 3.10. The number of benzene rings is 2. The lowest BCUT2D eigenvalue weighted by Crippen LogP contribution is -2.21. The molecule has 2 heterocycles. The molecule has 2 N–H and O–H groups in total. The summed E-state index contributed by atoms with van der Waals surface area (Å²) in [5.74, 6) is 1.30. The molecule has 0 spiro atoms. The number of aliphatic hydroxyl groups excluding tert-OH is 1. The van der Waals surface area contributed by atoms with Crippen LogP contribution in [0, 0.1) is 0 Å². The molecule has 0 fully saturated rings. The molecule has 4 aromatic rings. The van der Waals surface area contributed by atoms with Crippen LogP contribution in [-0.2, 0) is 6.54 Å². The van der Waals surface area contributed by atoms with Crippen molar-refractivity contribution >= 4 is 10.8 Å². The molecule has 0 unspecified atom stereocenters. The van der Waals surface area contributed by atoms with Crippen LogP contribution in [0.15, 0.2) is 67.0 Å². The van der Waals surface area contributed by atoms with E-state index in [0.717, 1.165) is 34.3 Å². The third-order valence-electron chi connectivity index (χ3n) is 4.58. The molecule has 28 heavy (non-hydrogen) atoms. The molecule has 0 aliphatic heterocycles. The Morgan fingerprint density at radius 2 is 1.89 bits per heavy atom. The molecule has 142 valence electrons. The average Bonchev–Trinajstić information content (AvgIpc) is 3.24. The van der Waals surface area contributed by atoms with E-state index in [1.165, 1.54) is 5.56 Å². The van der Waals surface area contributed by atoms with Gasteiger partial charge in [0.1, 0.15) is 5.75 Å². The third kappa shape index (κ3) is 4.19. The van der Waals surface area contributed by atoms with E-state index in [1.807, 2.05) is 37.4 Å². The van der Waals surface area contributed by atoms with Crippen molar-refractivity contribution < 1.29 is 9.84 Å². The average molecular weight is 374 g/mol. The maximum Gasteiger partial charge on any atom is 0.219 e. The second-order valence-electron chi connectivity index (χ2n) is 6.76. The van der Waals surface area contributed by atoms with Gasteiger partial charge in [-0.1, -0.05) is 18.2 Å². The van der Waals surface area contributed by atoms with Gasteiger partial charge < -0.3 is 9.84 Å². The van der Waals surface area contributed by atoms with E-state index in [-0.39, 0.29) is 6.61 Å². The first kappa shape index (κ1) is 18.2. The highest BCUT2D eigenvalue weighted by Crippen LogP contribution is 2.26. The van der Waals surface area contributed by atoms with Crippen LogP contribution >= 0.6 is 0 Å². The quantitative estimate of drug-likeness (QED) is 0.514. The van der Waals surface area contributed by atoms with Gasteiger partial charge in [-0.3, -0.25) is 10.00 Å². The zero-order chi connectivity index (χ0) is 19.3. The van der Waals surface area contributed by atoms with Gasteiger partial charge in [-0.25, -0.2) is 4.98 Å². The van der Waals surface area contributed by atoms with Crippen LogP contribution in [0.1, 0.15) is 5.56 Å². The molecule has 6 heteroatoms. The Balaban J connectivity index is 1.48. The van der Waals surface area contributed by atoms with Crippen molar-refractivity contribution in [1.29, 1.82) is 0 Å². The summed E-state index contributed by atoms with van der Waals surface area (Å²) in [6, 6.07) is 18.1. The molecule has 0 aliphatic carbocycles. The largest absolute Gasteiger partial charge is 0.439 e. The Hall–Kier alpha value is -3.22. The summed E-state index contributed by atoms with van der Waals surface area (Å²) in [6.07, 6.45) is 3.48. The molecule has 0 aliphatic rings. The van der Waals surface area contributed by atoms with Crippen molar-refractivity contribution in [3.63, 3.8) is 0 Å². The molecule has 0 amide bonds. The molecular weight excluding hydrogens is 352 g/mol. The van der Waals surface area contributed by atoms with E-state index < -0.39 is 0 Å². The minimum atomic E-state index is 0.168. The minimum Gasteiger partial charge on any atom is -0.439 e. The summed E-state index contributed by atoms with van der Waals surface area (Å²) >= 11 is 0. The van der Waals surface area contributed by atoms with E-state index in [9.17, 15) is 0 Å². The number of H-pyrrole nitrogens is 1. The van der Waals surface area contributed by atoms with Gasteiger partial charge in [0.15, 0.2) is 0 Å². The van der Waals surface area contributed by atoms with E-state index in [4.69, 9.17) is 9.84 Å². The van der Waals surface area contributed by atoms with E-state index in [0.29, 0.717) is 12.4 Å². The molecule has 0 saturated heterocycles. The number of aliphatic hydroxyl groups is 1. The Morgan fingerprint density at radius 3 is 2.64 bits per heavy atom. The number of ether oxygens (including phenoxy) is 1. The molecule has 0 atom stereocenters. The fourth-order valence-corrected chi connectivity index (χ4v) is 3.13. The number of pyridine rings is 1. The van der Waals surface area contributed by atoms with Crippen LogP contribution in [-0.4, -0.2) is 45.4 Å². The fraction of sp³-hybridized carbons (Fsp3) is 0.182. The lowest BCUT2D eigenvalue weighted by molar-refractivity contribution is 0.217. The molecule has 0 radical (unpaired) electrons. The first-order chi connectivity index (χ1) is 13.7. The molecule has 2 aromatic heterocycles. The first-order valence-corrected chi connectivity index (χ1v) is 9.17. The molecule has 2 aromatic carbocycles. The van der Waals surface area contributed by atoms with Gasteiger partial charge in [0.25, 0.3) is 0 Å². The summed E-state index contributed by atoms with van der Waals surface area (Å²) in [5, 5.41) is 18.2. The van der Waals surface area contributed by atoms with Crippen LogP contribution in [0.5, 0.6) is 11.6 Å². The Morgan fingerprint density at radius 1 is 1.04 bits per heavy atom. The monoisotopic (exact) mass is 374 g/mol. The predicted molar refractivity (Wildman–Crippen MR) is 109 cm³/mol. The number of nitrogens with one attached hydrogen (secondary N) is 1. The van der Waals surface area contributed by atoms with Gasteiger partial charge in [-0.05, 0) is 53.7 Å². The number of likely N-dealkylation sites (N-methyl/N-ethyl adjacent to an activating group) is 1. The SMILES string of the molecule is CN(CCO)Cc1ccc2cc(Oc3ccc(-c4ccn[nH]4)cn3)ccc2c1. The van der Waals surface area contributed by atoms with Crippen molar-refractivity contribution in [2.24, 2.45) is 0 Å². The second kappa shape index (κ2) is 8.21. The fourth-order valence-electron chi connectivity index (χ4n) is 3.13. The number of hydrogen-bond acceptors (Lipinski definition) is 5. The van der Waals surface area contributed by atoms with Crippen LogP contribution in [0.2, 0.25) is 0 Å². The predicted octanol–water partition coefficient (Wildman–Crippen LogP) is 3.84. The third-order valence-corrected chi connectivity index (χ3v) is 4.58. The van der Waals surface area contributed by atoms with E-state index >= 15 is 0 Å². The Labute approximate surface area is 163 Å². The van der Waals surface area contributed by atoms with Crippen molar-refractivity contribution in [3.05, 3.63) is 72.6 Å². The molecular formula is C22H22N4O2. The number of nitrogens with zero attached hydrogens (tertiary/aromatic N) is 3. The van der Waals surface area contributed by atoms with E-state index in [1.54, 1.807) is 12.4 Å². The highest BCUT2D eigenvalue weighted by molar-refractivity contribution is 5.84. The van der Waals surface area contributed by atoms with Gasteiger partial charge in [-0.2, -0.15) is 5.10 Å². The first-order valence-electron chi connectivity index (χ1n) is 9.17. The number of aromatic nitrogens is 3. The van der Waals surface area contributed by atoms with Crippen molar-refractivity contribution in [1.82, 2.24) is 20.1 Å². The highest BCUT2D eigenvalue weighted by Gasteiger charge is 2.05. The van der Waals surface area contributed by atoms with E-state index in [2.05, 4.69) is 44.3 Å². The summed E-state index contributed by atoms with van der Waals surface area (Å²) in [4.78, 5) is 6.47. The normalized spacial score (nSPS) is 11.2. The number of hydrogen-bond donors (Lipinski definition) is 2. The highest BCUT2D eigenvalue weighted by atomic mass is 16.5. The van der Waals surface area contributed by atoms with Crippen molar-refractivity contribution in [2.75, 3.05) is 20.2 Å². The smallest absolute Gasteiger partial charge is 0.219 e. The van der Waals surface area contributed by atoms with Crippen LogP contribution in [0.4, 0.5) is 0 Å². The molecule has 0 saturated carbocycles. The van der Waals surface area contributed by atoms with Gasteiger partial charge >= 0.3 is 0 Å². The van der Waals surface area contributed by atoms with Crippen molar-refractivity contribution in [2.45, 2.75) is 6.54 Å². The number of aromatic amines is 1. The van der Waals surface area contributed by atoms with Gasteiger partial charge in [0, 0.05) is 37.1 Å². The zero-order valence-electron chi connectivity index (χ0n) is 15.7. The van der Waals surface area contributed by atoms with Gasteiger partial charge in [0.2, 0.25) is 5.88 Å². The maximum absolute atomic E-state index is 9.04. The number of rotatable bonds is 7.